The third-order valence-electron chi connectivity index (χ3n) is 5.38. The average Bonchev–Trinajstić information content (AvgIpc) is 2.66. The number of hydrogen-bond donors (Lipinski definition) is 2. The molecule has 0 saturated carbocycles. The lowest BCUT2D eigenvalue weighted by Gasteiger charge is -2.40. The minimum atomic E-state index is -0.657. The van der Waals surface area contributed by atoms with Crippen LogP contribution in [0.4, 0.5) is 4.79 Å². The second-order valence-corrected chi connectivity index (χ2v) is 9.12. The zero-order valence-corrected chi connectivity index (χ0v) is 18.9. The molecule has 0 radical (unpaired) electrons. The third kappa shape index (κ3) is 6.47. The molecular formula is C23H35N3O4. The maximum absolute atomic E-state index is 13.1. The number of rotatable bonds is 4. The molecule has 0 aromatic heterocycles. The van der Waals surface area contributed by atoms with E-state index in [0.717, 1.165) is 24.8 Å². The van der Waals surface area contributed by atoms with Crippen molar-refractivity contribution in [2.45, 2.75) is 90.6 Å². The molecule has 1 aliphatic rings. The van der Waals surface area contributed by atoms with Crippen molar-refractivity contribution >= 4 is 17.9 Å². The smallest absolute Gasteiger partial charge is 0.407 e. The van der Waals surface area contributed by atoms with Crippen molar-refractivity contribution in [3.8, 4) is 0 Å². The fraction of sp³-hybridized carbons (Fsp3) is 0.609. The number of piperidine rings is 1. The van der Waals surface area contributed by atoms with E-state index in [9.17, 15) is 14.4 Å². The van der Waals surface area contributed by atoms with Crippen LogP contribution in [0.1, 0.15) is 72.4 Å². The van der Waals surface area contributed by atoms with Gasteiger partial charge < -0.3 is 20.3 Å². The highest BCUT2D eigenvalue weighted by Gasteiger charge is 2.36. The SMILES string of the molecule is CC(NC(=O)OC(C)(C)C)[C@H](C)NC(=O)C(=O)N1[C@@H](C)CCC[C@H]1c1ccccc1. The molecule has 1 saturated heterocycles. The van der Waals surface area contributed by atoms with Crippen LogP contribution in [0.25, 0.3) is 0 Å². The molecular weight excluding hydrogens is 382 g/mol. The summed E-state index contributed by atoms with van der Waals surface area (Å²) in [7, 11) is 0. The van der Waals surface area contributed by atoms with Gasteiger partial charge in [-0.2, -0.15) is 0 Å². The van der Waals surface area contributed by atoms with E-state index in [4.69, 9.17) is 4.74 Å². The molecule has 0 aliphatic carbocycles. The first-order chi connectivity index (χ1) is 14.0. The van der Waals surface area contributed by atoms with Crippen LogP contribution < -0.4 is 10.6 Å². The minimum Gasteiger partial charge on any atom is -0.444 e. The van der Waals surface area contributed by atoms with Gasteiger partial charge in [-0.3, -0.25) is 9.59 Å². The van der Waals surface area contributed by atoms with Crippen molar-refractivity contribution in [2.24, 2.45) is 0 Å². The number of hydrogen-bond acceptors (Lipinski definition) is 4. The number of nitrogens with zero attached hydrogens (tertiary/aromatic N) is 1. The lowest BCUT2D eigenvalue weighted by atomic mass is 9.91. The Morgan fingerprint density at radius 2 is 1.63 bits per heavy atom. The van der Waals surface area contributed by atoms with E-state index >= 15 is 0 Å². The van der Waals surface area contributed by atoms with Crippen molar-refractivity contribution in [1.29, 1.82) is 0 Å². The summed E-state index contributed by atoms with van der Waals surface area (Å²) in [6.45, 7) is 10.8. The van der Waals surface area contributed by atoms with E-state index in [1.54, 1.807) is 39.5 Å². The summed E-state index contributed by atoms with van der Waals surface area (Å²) in [6.07, 6.45) is 2.16. The summed E-state index contributed by atoms with van der Waals surface area (Å²) in [4.78, 5) is 39.5. The minimum absolute atomic E-state index is 0.0187. The number of carbonyl (C=O) groups excluding carboxylic acids is 3. The molecule has 7 heteroatoms. The molecule has 1 aromatic carbocycles. The third-order valence-corrected chi connectivity index (χ3v) is 5.38. The molecule has 0 spiro atoms. The van der Waals surface area contributed by atoms with Crippen molar-refractivity contribution in [1.82, 2.24) is 15.5 Å². The molecule has 1 unspecified atom stereocenters. The van der Waals surface area contributed by atoms with E-state index in [2.05, 4.69) is 10.6 Å². The maximum atomic E-state index is 13.1. The van der Waals surface area contributed by atoms with Crippen molar-refractivity contribution in [3.05, 3.63) is 35.9 Å². The topological polar surface area (TPSA) is 87.7 Å². The van der Waals surface area contributed by atoms with Gasteiger partial charge in [-0.05, 0) is 66.4 Å². The van der Waals surface area contributed by atoms with Crippen LogP contribution in [0.2, 0.25) is 0 Å². The Morgan fingerprint density at radius 1 is 1.03 bits per heavy atom. The molecule has 3 amide bonds. The highest BCUT2D eigenvalue weighted by atomic mass is 16.6. The van der Waals surface area contributed by atoms with Gasteiger partial charge in [0.2, 0.25) is 0 Å². The first kappa shape index (κ1) is 23.7. The van der Waals surface area contributed by atoms with Gasteiger partial charge in [0.05, 0.1) is 6.04 Å². The van der Waals surface area contributed by atoms with Crippen LogP contribution >= 0.6 is 0 Å². The van der Waals surface area contributed by atoms with Gasteiger partial charge in [0, 0.05) is 18.1 Å². The molecule has 1 fully saturated rings. The fourth-order valence-electron chi connectivity index (χ4n) is 3.67. The lowest BCUT2D eigenvalue weighted by Crippen LogP contribution is -2.55. The van der Waals surface area contributed by atoms with E-state index in [0.29, 0.717) is 0 Å². The van der Waals surface area contributed by atoms with E-state index in [1.165, 1.54) is 0 Å². The predicted molar refractivity (Wildman–Crippen MR) is 116 cm³/mol. The number of likely N-dealkylation sites (tertiary alicyclic amines) is 1. The lowest BCUT2D eigenvalue weighted by molar-refractivity contribution is -0.151. The second-order valence-electron chi connectivity index (χ2n) is 9.12. The normalized spacial score (nSPS) is 21.3. The van der Waals surface area contributed by atoms with E-state index < -0.39 is 35.6 Å². The van der Waals surface area contributed by atoms with Crippen molar-refractivity contribution < 1.29 is 19.1 Å². The number of amides is 3. The highest BCUT2D eigenvalue weighted by Crippen LogP contribution is 2.34. The number of alkyl carbamates (subject to hydrolysis) is 1. The Hall–Kier alpha value is -2.57. The van der Waals surface area contributed by atoms with Crippen molar-refractivity contribution in [3.63, 3.8) is 0 Å². The van der Waals surface area contributed by atoms with Gasteiger partial charge in [-0.1, -0.05) is 30.3 Å². The van der Waals surface area contributed by atoms with Gasteiger partial charge >= 0.3 is 17.9 Å². The molecule has 30 heavy (non-hydrogen) atoms. The highest BCUT2D eigenvalue weighted by molar-refractivity contribution is 6.35. The monoisotopic (exact) mass is 417 g/mol. The van der Waals surface area contributed by atoms with E-state index in [1.807, 2.05) is 37.3 Å². The van der Waals surface area contributed by atoms with Gasteiger partial charge in [-0.25, -0.2) is 4.79 Å². The Morgan fingerprint density at radius 3 is 2.23 bits per heavy atom. The zero-order valence-electron chi connectivity index (χ0n) is 18.9. The predicted octanol–water partition coefficient (Wildman–Crippen LogP) is 3.55. The standard InChI is InChI=1S/C23H35N3O4/c1-15-11-10-14-19(18-12-8-7-9-13-18)26(15)21(28)20(27)24-16(2)17(3)25-22(29)30-23(4,5)6/h7-9,12-13,15-17,19H,10-11,14H2,1-6H3,(H,24,27)(H,25,29)/t15-,16-,17?,19-/m0/s1. The number of benzene rings is 1. The summed E-state index contributed by atoms with van der Waals surface area (Å²) in [5, 5.41) is 5.44. The van der Waals surface area contributed by atoms with Crippen LogP contribution in [0, 0.1) is 0 Å². The van der Waals surface area contributed by atoms with Crippen LogP contribution in [-0.2, 0) is 14.3 Å². The molecule has 0 bridgehead atoms. The molecule has 4 atom stereocenters. The molecule has 166 valence electrons. The number of ether oxygens (including phenoxy) is 1. The van der Waals surface area contributed by atoms with Crippen LogP contribution in [-0.4, -0.2) is 46.5 Å². The molecule has 1 aromatic rings. The molecule has 2 rings (SSSR count). The van der Waals surface area contributed by atoms with Crippen molar-refractivity contribution in [2.75, 3.05) is 0 Å². The molecule has 7 nitrogen and oxygen atoms in total. The summed E-state index contributed by atoms with van der Waals surface area (Å²) in [5.74, 6) is -1.19. The largest absolute Gasteiger partial charge is 0.444 e. The van der Waals surface area contributed by atoms with Gasteiger partial charge in [0.25, 0.3) is 0 Å². The second kappa shape index (κ2) is 9.96. The zero-order chi connectivity index (χ0) is 22.5. The Kier molecular flexibility index (Phi) is 7.87. The first-order valence-corrected chi connectivity index (χ1v) is 10.7. The number of carbonyl (C=O) groups is 3. The van der Waals surface area contributed by atoms with Gasteiger partial charge in [0.15, 0.2) is 0 Å². The summed E-state index contributed by atoms with van der Waals surface area (Å²) < 4.78 is 5.25. The molecule has 1 aliphatic heterocycles. The molecule has 1 heterocycles. The summed E-state index contributed by atoms with van der Waals surface area (Å²) in [6, 6.07) is 8.86. The van der Waals surface area contributed by atoms with Crippen LogP contribution in [0.3, 0.4) is 0 Å². The molecule has 2 N–H and O–H groups in total. The van der Waals surface area contributed by atoms with Crippen LogP contribution in [0.5, 0.6) is 0 Å². The van der Waals surface area contributed by atoms with Gasteiger partial charge in [0.1, 0.15) is 5.60 Å². The Labute approximate surface area is 179 Å². The summed E-state index contributed by atoms with van der Waals surface area (Å²) in [5.41, 5.74) is 0.432. The quantitative estimate of drug-likeness (QED) is 0.734. The van der Waals surface area contributed by atoms with Crippen LogP contribution in [0.15, 0.2) is 30.3 Å². The first-order valence-electron chi connectivity index (χ1n) is 10.7. The average molecular weight is 418 g/mol. The fourth-order valence-corrected chi connectivity index (χ4v) is 3.67. The van der Waals surface area contributed by atoms with E-state index in [-0.39, 0.29) is 12.1 Å². The van der Waals surface area contributed by atoms with Gasteiger partial charge in [-0.15, -0.1) is 0 Å². The number of nitrogens with one attached hydrogen (secondary N) is 2. The maximum Gasteiger partial charge on any atom is 0.407 e. The Balaban J connectivity index is 2.02. The summed E-state index contributed by atoms with van der Waals surface area (Å²) >= 11 is 0. The Bertz CT molecular complexity index is 745.